The zero-order valence-corrected chi connectivity index (χ0v) is 17.1. The number of imide groups is 1. The smallest absolute Gasteiger partial charge is 0.326 e. The molecule has 1 aromatic rings. The second-order valence-electron chi connectivity index (χ2n) is 8.16. The van der Waals surface area contributed by atoms with Crippen molar-refractivity contribution in [3.05, 3.63) is 29.8 Å². The van der Waals surface area contributed by atoms with Crippen LogP contribution in [0.3, 0.4) is 0 Å². The predicted octanol–water partition coefficient (Wildman–Crippen LogP) is 2.86. The molecule has 1 saturated carbocycles. The summed E-state index contributed by atoms with van der Waals surface area (Å²) in [6.45, 7) is 5.19. The molecule has 1 saturated heterocycles. The Kier molecular flexibility index (Phi) is 6.35. The molecule has 1 aliphatic heterocycles. The van der Waals surface area contributed by atoms with E-state index in [0.717, 1.165) is 23.3 Å². The molecule has 1 aliphatic carbocycles. The van der Waals surface area contributed by atoms with Crippen LogP contribution in [0.4, 0.5) is 5.69 Å². The summed E-state index contributed by atoms with van der Waals surface area (Å²) < 4.78 is 5.16. The molecule has 0 spiro atoms. The molecular formula is C22H28N2O5. The van der Waals surface area contributed by atoms with Gasteiger partial charge < -0.3 is 10.1 Å². The first-order valence-corrected chi connectivity index (χ1v) is 10.2. The third-order valence-corrected chi connectivity index (χ3v) is 5.74. The SMILES string of the molecule is CC(OC(=O)CN1C(=O)C2CCCCC2C1=O)C(=O)Nc1ccc(C(C)C)cc1. The first kappa shape index (κ1) is 21.0. The van der Waals surface area contributed by atoms with Gasteiger partial charge in [-0.2, -0.15) is 0 Å². The minimum atomic E-state index is -1.04. The summed E-state index contributed by atoms with van der Waals surface area (Å²) in [5, 5.41) is 2.70. The number of nitrogens with one attached hydrogen (secondary N) is 1. The standard InChI is InChI=1S/C22H28N2O5/c1-13(2)15-8-10-16(11-9-15)23-20(26)14(3)29-19(25)12-24-21(27)17-6-4-5-7-18(17)22(24)28/h8-11,13-14,17-18H,4-7,12H2,1-3H3,(H,23,26). The number of carbonyl (C=O) groups is 4. The van der Waals surface area contributed by atoms with E-state index in [1.807, 2.05) is 12.1 Å². The summed E-state index contributed by atoms with van der Waals surface area (Å²) in [5.74, 6) is -2.04. The number of hydrogen-bond acceptors (Lipinski definition) is 5. The maximum Gasteiger partial charge on any atom is 0.326 e. The number of nitrogens with zero attached hydrogens (tertiary/aromatic N) is 1. The Morgan fingerprint density at radius 2 is 1.59 bits per heavy atom. The summed E-state index contributed by atoms with van der Waals surface area (Å²) in [6.07, 6.45) is 2.19. The van der Waals surface area contributed by atoms with Crippen molar-refractivity contribution in [3.63, 3.8) is 0 Å². The Balaban J connectivity index is 1.52. The molecule has 7 heteroatoms. The van der Waals surface area contributed by atoms with Gasteiger partial charge >= 0.3 is 5.97 Å². The van der Waals surface area contributed by atoms with Gasteiger partial charge in [-0.1, -0.05) is 38.8 Å². The van der Waals surface area contributed by atoms with E-state index in [1.165, 1.54) is 6.92 Å². The van der Waals surface area contributed by atoms with Crippen LogP contribution in [-0.2, 0) is 23.9 Å². The fourth-order valence-electron chi connectivity index (χ4n) is 4.00. The Morgan fingerprint density at radius 1 is 1.03 bits per heavy atom. The molecule has 3 rings (SSSR count). The number of esters is 1. The minimum Gasteiger partial charge on any atom is -0.451 e. The van der Waals surface area contributed by atoms with Crippen LogP contribution in [0.5, 0.6) is 0 Å². The minimum absolute atomic E-state index is 0.293. The fourth-order valence-corrected chi connectivity index (χ4v) is 4.00. The maximum atomic E-state index is 12.4. The molecule has 3 amide bonds. The normalized spacial score (nSPS) is 22.4. The van der Waals surface area contributed by atoms with Crippen molar-refractivity contribution in [3.8, 4) is 0 Å². The van der Waals surface area contributed by atoms with E-state index in [9.17, 15) is 19.2 Å². The largest absolute Gasteiger partial charge is 0.451 e. The van der Waals surface area contributed by atoms with E-state index in [1.54, 1.807) is 12.1 Å². The second kappa shape index (κ2) is 8.76. The molecule has 2 aliphatic rings. The average Bonchev–Trinajstić information content (AvgIpc) is 2.93. The summed E-state index contributed by atoms with van der Waals surface area (Å²) >= 11 is 0. The highest BCUT2D eigenvalue weighted by Crippen LogP contribution is 2.37. The third-order valence-electron chi connectivity index (χ3n) is 5.74. The van der Waals surface area contributed by atoms with Crippen LogP contribution in [0.15, 0.2) is 24.3 Å². The molecule has 3 atom stereocenters. The highest BCUT2D eigenvalue weighted by atomic mass is 16.5. The van der Waals surface area contributed by atoms with Crippen molar-refractivity contribution in [1.29, 1.82) is 0 Å². The topological polar surface area (TPSA) is 92.8 Å². The van der Waals surface area contributed by atoms with Crippen molar-refractivity contribution in [2.24, 2.45) is 11.8 Å². The number of benzene rings is 1. The third kappa shape index (κ3) is 4.66. The fraction of sp³-hybridized carbons (Fsp3) is 0.545. The van der Waals surface area contributed by atoms with Gasteiger partial charge in [0.1, 0.15) is 6.54 Å². The molecule has 1 heterocycles. The highest BCUT2D eigenvalue weighted by Gasteiger charge is 2.48. The molecule has 1 aromatic carbocycles. The van der Waals surface area contributed by atoms with Gasteiger partial charge in [0.15, 0.2) is 6.10 Å². The van der Waals surface area contributed by atoms with Gasteiger partial charge in [0.05, 0.1) is 11.8 Å². The highest BCUT2D eigenvalue weighted by molar-refractivity contribution is 6.07. The van der Waals surface area contributed by atoms with Crippen molar-refractivity contribution >= 4 is 29.4 Å². The second-order valence-corrected chi connectivity index (χ2v) is 8.16. The lowest BCUT2D eigenvalue weighted by Crippen LogP contribution is -2.39. The molecular weight excluding hydrogens is 372 g/mol. The monoisotopic (exact) mass is 400 g/mol. The van der Waals surface area contributed by atoms with Crippen LogP contribution in [-0.4, -0.2) is 41.2 Å². The van der Waals surface area contributed by atoms with Gasteiger partial charge in [-0.15, -0.1) is 0 Å². The molecule has 1 N–H and O–H groups in total. The van der Waals surface area contributed by atoms with E-state index in [-0.39, 0.29) is 23.7 Å². The number of amides is 3. The Morgan fingerprint density at radius 3 is 2.10 bits per heavy atom. The van der Waals surface area contributed by atoms with E-state index in [0.29, 0.717) is 24.4 Å². The number of ether oxygens (including phenoxy) is 1. The first-order valence-electron chi connectivity index (χ1n) is 10.2. The molecule has 7 nitrogen and oxygen atoms in total. The van der Waals surface area contributed by atoms with Crippen LogP contribution >= 0.6 is 0 Å². The summed E-state index contributed by atoms with van der Waals surface area (Å²) in [7, 11) is 0. The van der Waals surface area contributed by atoms with E-state index in [2.05, 4.69) is 19.2 Å². The predicted molar refractivity (Wildman–Crippen MR) is 107 cm³/mol. The van der Waals surface area contributed by atoms with Crippen molar-refractivity contribution in [2.75, 3.05) is 11.9 Å². The first-order chi connectivity index (χ1) is 13.8. The Labute approximate surface area is 170 Å². The molecule has 2 fully saturated rings. The number of rotatable bonds is 6. The van der Waals surface area contributed by atoms with Crippen LogP contribution in [0.25, 0.3) is 0 Å². The summed E-state index contributed by atoms with van der Waals surface area (Å²) in [4.78, 5) is 50.4. The summed E-state index contributed by atoms with van der Waals surface area (Å²) in [6, 6.07) is 7.46. The van der Waals surface area contributed by atoms with E-state index < -0.39 is 24.5 Å². The maximum absolute atomic E-state index is 12.4. The number of anilines is 1. The lowest BCUT2D eigenvalue weighted by atomic mass is 9.81. The van der Waals surface area contributed by atoms with E-state index >= 15 is 0 Å². The van der Waals surface area contributed by atoms with E-state index in [4.69, 9.17) is 4.74 Å². The van der Waals surface area contributed by atoms with Gasteiger partial charge in [0, 0.05) is 5.69 Å². The Hall–Kier alpha value is -2.70. The number of likely N-dealkylation sites (tertiary alicyclic amines) is 1. The van der Waals surface area contributed by atoms with Crippen molar-refractivity contribution < 1.29 is 23.9 Å². The number of fused-ring (bicyclic) bond motifs is 1. The lowest BCUT2D eigenvalue weighted by Gasteiger charge is -2.19. The van der Waals surface area contributed by atoms with Gasteiger partial charge in [-0.25, -0.2) is 0 Å². The number of carbonyl (C=O) groups excluding carboxylic acids is 4. The van der Waals surface area contributed by atoms with Gasteiger partial charge in [0.2, 0.25) is 11.8 Å². The van der Waals surface area contributed by atoms with Crippen molar-refractivity contribution in [1.82, 2.24) is 4.90 Å². The molecule has 0 bridgehead atoms. The van der Waals surface area contributed by atoms with Gasteiger partial charge in [-0.3, -0.25) is 24.1 Å². The average molecular weight is 400 g/mol. The molecule has 29 heavy (non-hydrogen) atoms. The summed E-state index contributed by atoms with van der Waals surface area (Å²) in [5.41, 5.74) is 1.76. The zero-order valence-electron chi connectivity index (χ0n) is 17.1. The van der Waals surface area contributed by atoms with Gasteiger partial charge in [0.25, 0.3) is 5.91 Å². The lowest BCUT2D eigenvalue weighted by molar-refractivity contribution is -0.158. The van der Waals surface area contributed by atoms with Gasteiger partial charge in [-0.05, 0) is 43.4 Å². The van der Waals surface area contributed by atoms with Crippen LogP contribution in [0, 0.1) is 11.8 Å². The van der Waals surface area contributed by atoms with Crippen LogP contribution < -0.4 is 5.32 Å². The zero-order chi connectivity index (χ0) is 21.1. The van der Waals surface area contributed by atoms with Crippen LogP contribution in [0.2, 0.25) is 0 Å². The molecule has 0 radical (unpaired) electrons. The molecule has 3 unspecified atom stereocenters. The van der Waals surface area contributed by atoms with Crippen LogP contribution in [0.1, 0.15) is 57.9 Å². The quantitative estimate of drug-likeness (QED) is 0.585. The number of hydrogen-bond donors (Lipinski definition) is 1. The van der Waals surface area contributed by atoms with Crippen molar-refractivity contribution in [2.45, 2.75) is 58.5 Å². The Bertz CT molecular complexity index is 778. The molecule has 156 valence electrons. The molecule has 0 aromatic heterocycles.